The molecule has 0 saturated carbocycles. The van der Waals surface area contributed by atoms with Gasteiger partial charge in [-0.05, 0) is 57.3 Å². The number of allylic oxidation sites excluding steroid dienone is 4. The summed E-state index contributed by atoms with van der Waals surface area (Å²) in [5.41, 5.74) is 0. The Balaban J connectivity index is 1.95. The van der Waals surface area contributed by atoms with E-state index in [0.717, 1.165) is 50.9 Å². The Morgan fingerprint density at radius 1 is 0.696 bits per heavy atom. The highest BCUT2D eigenvalue weighted by molar-refractivity contribution is 5.70. The molecular weight excluding hydrogens is 576 g/mol. The zero-order chi connectivity index (χ0) is 33.5. The number of rotatable bonds is 32. The third-order valence-electron chi connectivity index (χ3n) is 8.88. The molecule has 0 aromatic carbocycles. The van der Waals surface area contributed by atoms with Gasteiger partial charge < -0.3 is 19.3 Å². The van der Waals surface area contributed by atoms with Crippen LogP contribution in [0.5, 0.6) is 0 Å². The zero-order valence-electron chi connectivity index (χ0n) is 29.9. The van der Waals surface area contributed by atoms with Gasteiger partial charge in [0.15, 0.2) is 6.10 Å². The predicted octanol–water partition coefficient (Wildman–Crippen LogP) is 10.5. The zero-order valence-corrected chi connectivity index (χ0v) is 29.9. The minimum absolute atomic E-state index is 0.0914. The molecule has 0 radical (unpaired) electrons. The van der Waals surface area contributed by atoms with Crippen molar-refractivity contribution in [2.24, 2.45) is 5.92 Å². The van der Waals surface area contributed by atoms with Crippen molar-refractivity contribution in [1.29, 1.82) is 0 Å². The first-order valence-corrected chi connectivity index (χ1v) is 19.1. The van der Waals surface area contributed by atoms with Crippen molar-refractivity contribution in [3.8, 4) is 0 Å². The molecule has 0 bridgehead atoms. The van der Waals surface area contributed by atoms with Gasteiger partial charge in [-0.1, -0.05) is 141 Å². The molecule has 0 amide bonds. The van der Waals surface area contributed by atoms with Crippen LogP contribution in [0, 0.1) is 5.92 Å². The van der Waals surface area contributed by atoms with Gasteiger partial charge in [-0.2, -0.15) is 0 Å². The van der Waals surface area contributed by atoms with E-state index in [4.69, 9.17) is 14.2 Å². The highest BCUT2D eigenvalue weighted by Gasteiger charge is 2.35. The number of hydrogen-bond acceptors (Lipinski definition) is 6. The average Bonchev–Trinajstić information content (AvgIpc) is 3.81. The Kier molecular flexibility index (Phi) is 27.8. The molecular formula is C40H70O6. The smallest absolute Gasteiger partial charge is 0.306 e. The van der Waals surface area contributed by atoms with E-state index in [1.54, 1.807) is 0 Å². The van der Waals surface area contributed by atoms with E-state index in [-0.39, 0.29) is 31.6 Å². The Bertz CT molecular complexity index is 819. The van der Waals surface area contributed by atoms with Crippen molar-refractivity contribution in [1.82, 2.24) is 0 Å². The van der Waals surface area contributed by atoms with Crippen molar-refractivity contribution in [3.05, 3.63) is 36.5 Å². The van der Waals surface area contributed by atoms with Gasteiger partial charge in [0.2, 0.25) is 0 Å². The summed E-state index contributed by atoms with van der Waals surface area (Å²) in [6.07, 6.45) is 38.0. The Morgan fingerprint density at radius 2 is 1.26 bits per heavy atom. The second-order valence-corrected chi connectivity index (χ2v) is 13.3. The lowest BCUT2D eigenvalue weighted by molar-refractivity contribution is -0.161. The number of esters is 2. The monoisotopic (exact) mass is 647 g/mol. The van der Waals surface area contributed by atoms with E-state index in [2.05, 4.69) is 57.2 Å². The molecule has 46 heavy (non-hydrogen) atoms. The Labute approximate surface area is 282 Å². The van der Waals surface area contributed by atoms with Crippen LogP contribution in [0.25, 0.3) is 0 Å². The molecule has 6 heteroatoms. The van der Waals surface area contributed by atoms with Crippen LogP contribution >= 0.6 is 0 Å². The van der Waals surface area contributed by atoms with Crippen molar-refractivity contribution >= 4 is 11.9 Å². The molecule has 1 N–H and O–H groups in total. The van der Waals surface area contributed by atoms with Crippen LogP contribution in [0.1, 0.15) is 168 Å². The predicted molar refractivity (Wildman–Crippen MR) is 191 cm³/mol. The maximum absolute atomic E-state index is 12.2. The molecule has 4 atom stereocenters. The largest absolute Gasteiger partial charge is 0.462 e. The molecule has 0 aliphatic carbocycles. The van der Waals surface area contributed by atoms with Crippen LogP contribution in [-0.4, -0.2) is 48.6 Å². The van der Waals surface area contributed by atoms with E-state index in [1.165, 1.54) is 83.5 Å². The van der Waals surface area contributed by atoms with Crippen LogP contribution in [0.3, 0.4) is 0 Å². The summed E-state index contributed by atoms with van der Waals surface area (Å²) in [4.78, 5) is 24.2. The number of epoxide rings is 1. The quantitative estimate of drug-likeness (QED) is 0.0339. The van der Waals surface area contributed by atoms with E-state index >= 15 is 0 Å². The summed E-state index contributed by atoms with van der Waals surface area (Å²) < 4.78 is 16.3. The number of ether oxygens (including phenoxy) is 3. The average molecular weight is 647 g/mol. The lowest BCUT2D eigenvalue weighted by atomic mass is 9.99. The first-order chi connectivity index (χ1) is 22.5. The molecule has 1 saturated heterocycles. The molecule has 6 nitrogen and oxygen atoms in total. The molecule has 266 valence electrons. The van der Waals surface area contributed by atoms with Crippen LogP contribution in [-0.2, 0) is 23.8 Å². The van der Waals surface area contributed by atoms with E-state index in [1.807, 2.05) is 0 Å². The van der Waals surface area contributed by atoms with Crippen molar-refractivity contribution in [2.75, 3.05) is 13.2 Å². The topological polar surface area (TPSA) is 85.4 Å². The van der Waals surface area contributed by atoms with Crippen molar-refractivity contribution in [3.63, 3.8) is 0 Å². The normalized spacial score (nSPS) is 17.7. The second kappa shape index (κ2) is 30.4. The van der Waals surface area contributed by atoms with E-state index < -0.39 is 6.10 Å². The third kappa shape index (κ3) is 26.2. The number of aliphatic hydroxyl groups is 1. The molecule has 0 aromatic rings. The fourth-order valence-electron chi connectivity index (χ4n) is 5.45. The Morgan fingerprint density at radius 3 is 1.91 bits per heavy atom. The molecule has 0 spiro atoms. The second-order valence-electron chi connectivity index (χ2n) is 13.3. The lowest BCUT2D eigenvalue weighted by Crippen LogP contribution is -2.28. The molecule has 1 rings (SSSR count). The molecule has 3 unspecified atom stereocenters. The van der Waals surface area contributed by atoms with Crippen molar-refractivity contribution < 1.29 is 28.9 Å². The standard InChI is InChI=1S/C40H70O6/c1-4-6-7-8-9-12-16-19-24-29-37-38(46-37)30-25-21-22-27-32-40(43)45-36(33-41)34-44-39(42)31-26-20-17-14-11-10-13-15-18-23-28-35(3)5-2/h9,12,19,21,24-25,35-38,41H,4-8,10-11,13-18,20,22-23,26-34H2,1-3H3/b12-9-,24-19-,25-21-/t35?,36-,37?,38?/m0/s1. The summed E-state index contributed by atoms with van der Waals surface area (Å²) in [7, 11) is 0. The van der Waals surface area contributed by atoms with Crippen LogP contribution < -0.4 is 0 Å². The summed E-state index contributed by atoms with van der Waals surface area (Å²) >= 11 is 0. The Hall–Kier alpha value is -1.92. The van der Waals surface area contributed by atoms with Crippen LogP contribution in [0.15, 0.2) is 36.5 Å². The minimum Gasteiger partial charge on any atom is -0.462 e. The van der Waals surface area contributed by atoms with E-state index in [0.29, 0.717) is 25.0 Å². The van der Waals surface area contributed by atoms with Gasteiger partial charge in [-0.3, -0.25) is 9.59 Å². The van der Waals surface area contributed by atoms with Crippen molar-refractivity contribution in [2.45, 2.75) is 187 Å². The highest BCUT2D eigenvalue weighted by atomic mass is 16.6. The minimum atomic E-state index is -0.804. The fraction of sp³-hybridized carbons (Fsp3) is 0.800. The molecule has 1 fully saturated rings. The van der Waals surface area contributed by atoms with Gasteiger partial charge in [-0.25, -0.2) is 0 Å². The third-order valence-corrected chi connectivity index (χ3v) is 8.88. The number of carbonyl (C=O) groups is 2. The first kappa shape index (κ1) is 42.1. The first-order valence-electron chi connectivity index (χ1n) is 19.1. The molecule has 1 heterocycles. The van der Waals surface area contributed by atoms with E-state index in [9.17, 15) is 14.7 Å². The maximum atomic E-state index is 12.2. The lowest BCUT2D eigenvalue weighted by Gasteiger charge is -2.15. The fourth-order valence-corrected chi connectivity index (χ4v) is 5.45. The van der Waals surface area contributed by atoms with Crippen LogP contribution in [0.4, 0.5) is 0 Å². The maximum Gasteiger partial charge on any atom is 0.306 e. The van der Waals surface area contributed by atoms with Gasteiger partial charge in [0.25, 0.3) is 0 Å². The summed E-state index contributed by atoms with van der Waals surface area (Å²) in [5, 5.41) is 9.55. The number of carbonyl (C=O) groups excluding carboxylic acids is 2. The van der Waals surface area contributed by atoms with Gasteiger partial charge in [0.1, 0.15) is 6.61 Å². The van der Waals surface area contributed by atoms with Gasteiger partial charge in [-0.15, -0.1) is 0 Å². The van der Waals surface area contributed by atoms with Gasteiger partial charge in [0, 0.05) is 12.8 Å². The van der Waals surface area contributed by atoms with Gasteiger partial charge in [0.05, 0.1) is 18.8 Å². The number of hydrogen-bond donors (Lipinski definition) is 1. The SMILES string of the molecule is CCCCC/C=C\C/C=C\CC1OC1C/C=C\CCCC(=O)O[C@@H](CO)COC(=O)CCCCCCCCCCCCC(C)CC. The number of aliphatic hydroxyl groups excluding tert-OH is 1. The molecule has 1 aliphatic rings. The molecule has 1 aliphatic heterocycles. The summed E-state index contributed by atoms with van der Waals surface area (Å²) in [6, 6.07) is 0. The number of unbranched alkanes of at least 4 members (excludes halogenated alkanes) is 13. The summed E-state index contributed by atoms with van der Waals surface area (Å²) in [5.74, 6) is 0.209. The molecule has 0 aromatic heterocycles. The van der Waals surface area contributed by atoms with Gasteiger partial charge >= 0.3 is 11.9 Å². The highest BCUT2D eigenvalue weighted by Crippen LogP contribution is 2.29. The summed E-state index contributed by atoms with van der Waals surface area (Å²) in [6.45, 7) is 6.41. The van der Waals surface area contributed by atoms with Crippen LogP contribution in [0.2, 0.25) is 0 Å².